The van der Waals surface area contributed by atoms with E-state index in [0.29, 0.717) is 0 Å². The zero-order valence-electron chi connectivity index (χ0n) is 14.6. The van der Waals surface area contributed by atoms with Crippen LogP contribution in [0.1, 0.15) is 33.6 Å². The number of aldehydes is 2. The Morgan fingerprint density at radius 3 is 1.56 bits per heavy atom. The van der Waals surface area contributed by atoms with Crippen LogP contribution in [0.3, 0.4) is 0 Å². The van der Waals surface area contributed by atoms with Gasteiger partial charge in [-0.3, -0.25) is 28.8 Å². The first kappa shape index (κ1) is 22.6. The van der Waals surface area contributed by atoms with Gasteiger partial charge in [-0.2, -0.15) is 0 Å². The molecular weight excluding hydrogens is 336 g/mol. The molecule has 9 nitrogen and oxygen atoms in total. The van der Waals surface area contributed by atoms with Crippen LogP contribution in [0.4, 0.5) is 0 Å². The first-order valence-corrected chi connectivity index (χ1v) is 7.56. The summed E-state index contributed by atoms with van der Waals surface area (Å²) in [5, 5.41) is 0. The van der Waals surface area contributed by atoms with Crippen LogP contribution in [-0.4, -0.2) is 55.6 Å². The normalized spacial score (nSPS) is 15.2. The van der Waals surface area contributed by atoms with Gasteiger partial charge in [0.05, 0.1) is 11.8 Å². The molecular formula is C16H22O9. The van der Waals surface area contributed by atoms with Gasteiger partial charge in [-0.15, -0.1) is 0 Å². The van der Waals surface area contributed by atoms with Gasteiger partial charge in [-0.1, -0.05) is 13.8 Å². The van der Waals surface area contributed by atoms with Crippen molar-refractivity contribution in [2.45, 2.75) is 46.0 Å². The van der Waals surface area contributed by atoms with Crippen molar-refractivity contribution in [3.05, 3.63) is 0 Å². The molecule has 0 fully saturated rings. The van der Waals surface area contributed by atoms with Crippen LogP contribution in [-0.2, 0) is 43.0 Å². The predicted octanol–water partition coefficient (Wildman–Crippen LogP) is 0.0222. The Kier molecular flexibility index (Phi) is 10.1. The van der Waals surface area contributed by atoms with Crippen molar-refractivity contribution in [3.63, 3.8) is 0 Å². The summed E-state index contributed by atoms with van der Waals surface area (Å²) in [6.07, 6.45) is -2.60. The third-order valence-corrected chi connectivity index (χ3v) is 3.23. The van der Waals surface area contributed by atoms with Crippen molar-refractivity contribution >= 4 is 36.1 Å². The minimum Gasteiger partial charge on any atom is -0.456 e. The van der Waals surface area contributed by atoms with Crippen LogP contribution in [0, 0.1) is 11.8 Å². The van der Waals surface area contributed by atoms with E-state index in [1.165, 1.54) is 27.9 Å². The van der Waals surface area contributed by atoms with Crippen molar-refractivity contribution in [2.24, 2.45) is 11.8 Å². The molecule has 0 saturated heterocycles. The topological polar surface area (TPSA) is 130 Å². The minimum atomic E-state index is -1.24. The standard InChI is InChI=1S/C16H22O9/c1-9(5-12(19)7-17)14(21)24-11(3)16(23-4)25-15(22)10(2)6-13(20)8-18/h7-11,16H,5-6H2,1-4H3. The second-order valence-corrected chi connectivity index (χ2v) is 5.56. The van der Waals surface area contributed by atoms with Gasteiger partial charge in [0.25, 0.3) is 0 Å². The monoisotopic (exact) mass is 358 g/mol. The predicted molar refractivity (Wildman–Crippen MR) is 82.1 cm³/mol. The number of carbonyl (C=O) groups excluding carboxylic acids is 6. The van der Waals surface area contributed by atoms with Crippen molar-refractivity contribution in [3.8, 4) is 0 Å². The number of Topliss-reactive ketones (excluding diaryl/α,β-unsaturated/α-hetero) is 2. The zero-order chi connectivity index (χ0) is 19.6. The van der Waals surface area contributed by atoms with E-state index in [2.05, 4.69) is 0 Å². The number of hydrogen-bond acceptors (Lipinski definition) is 9. The first-order valence-electron chi connectivity index (χ1n) is 7.56. The van der Waals surface area contributed by atoms with E-state index >= 15 is 0 Å². The number of rotatable bonds is 12. The molecule has 25 heavy (non-hydrogen) atoms. The average Bonchev–Trinajstić information content (AvgIpc) is 2.58. The van der Waals surface area contributed by atoms with E-state index in [9.17, 15) is 28.8 Å². The van der Waals surface area contributed by atoms with Gasteiger partial charge >= 0.3 is 11.9 Å². The van der Waals surface area contributed by atoms with Crippen molar-refractivity contribution in [2.75, 3.05) is 7.11 Å². The van der Waals surface area contributed by atoms with Gasteiger partial charge in [0, 0.05) is 20.0 Å². The smallest absolute Gasteiger partial charge is 0.311 e. The van der Waals surface area contributed by atoms with E-state index < -0.39 is 47.7 Å². The lowest BCUT2D eigenvalue weighted by Crippen LogP contribution is -2.37. The maximum Gasteiger partial charge on any atom is 0.311 e. The summed E-state index contributed by atoms with van der Waals surface area (Å²) >= 11 is 0. The molecule has 0 spiro atoms. The van der Waals surface area contributed by atoms with Gasteiger partial charge in [-0.25, -0.2) is 0 Å². The van der Waals surface area contributed by atoms with Crippen molar-refractivity contribution in [1.82, 2.24) is 0 Å². The summed E-state index contributed by atoms with van der Waals surface area (Å²) in [4.78, 5) is 66.4. The van der Waals surface area contributed by atoms with Crippen LogP contribution in [0.2, 0.25) is 0 Å². The van der Waals surface area contributed by atoms with E-state index in [0.717, 1.165) is 0 Å². The average molecular weight is 358 g/mol. The first-order chi connectivity index (χ1) is 11.7. The molecule has 0 aromatic heterocycles. The largest absolute Gasteiger partial charge is 0.456 e. The zero-order valence-corrected chi connectivity index (χ0v) is 14.6. The Morgan fingerprint density at radius 2 is 1.20 bits per heavy atom. The van der Waals surface area contributed by atoms with Gasteiger partial charge in [-0.05, 0) is 6.92 Å². The molecule has 140 valence electrons. The van der Waals surface area contributed by atoms with Crippen LogP contribution in [0.25, 0.3) is 0 Å². The van der Waals surface area contributed by atoms with Gasteiger partial charge in [0.2, 0.25) is 6.29 Å². The molecule has 9 heteroatoms. The molecule has 0 radical (unpaired) electrons. The number of esters is 2. The lowest BCUT2D eigenvalue weighted by atomic mass is 10.1. The Labute approximate surface area is 145 Å². The molecule has 0 aromatic rings. The molecule has 0 amide bonds. The summed E-state index contributed by atoms with van der Waals surface area (Å²) in [7, 11) is 1.23. The lowest BCUT2D eigenvalue weighted by molar-refractivity contribution is -0.207. The molecule has 0 aliphatic carbocycles. The van der Waals surface area contributed by atoms with Crippen LogP contribution < -0.4 is 0 Å². The molecule has 0 aliphatic rings. The molecule has 0 bridgehead atoms. The fourth-order valence-corrected chi connectivity index (χ4v) is 1.79. The maximum absolute atomic E-state index is 11.9. The molecule has 4 unspecified atom stereocenters. The Balaban J connectivity index is 4.66. The highest BCUT2D eigenvalue weighted by Crippen LogP contribution is 2.14. The van der Waals surface area contributed by atoms with Gasteiger partial charge in [0.15, 0.2) is 30.2 Å². The minimum absolute atomic E-state index is 0.115. The second-order valence-electron chi connectivity index (χ2n) is 5.56. The molecule has 0 saturated carbocycles. The molecule has 0 N–H and O–H groups in total. The lowest BCUT2D eigenvalue weighted by Gasteiger charge is -2.24. The summed E-state index contributed by atoms with van der Waals surface area (Å²) in [5.74, 6) is -4.76. The summed E-state index contributed by atoms with van der Waals surface area (Å²) in [6.45, 7) is 4.23. The van der Waals surface area contributed by atoms with Crippen LogP contribution >= 0.6 is 0 Å². The number of carbonyl (C=O) groups is 6. The van der Waals surface area contributed by atoms with Gasteiger partial charge < -0.3 is 14.2 Å². The van der Waals surface area contributed by atoms with Crippen molar-refractivity contribution < 1.29 is 43.0 Å². The molecule has 4 atom stereocenters. The quantitative estimate of drug-likeness (QED) is 0.205. The fraction of sp³-hybridized carbons (Fsp3) is 0.625. The highest BCUT2D eigenvalue weighted by atomic mass is 16.7. The Hall–Kier alpha value is -2.42. The second kappa shape index (κ2) is 11.2. The number of ether oxygens (including phenoxy) is 3. The summed E-state index contributed by atoms with van der Waals surface area (Å²) in [5.41, 5.74) is 0. The van der Waals surface area contributed by atoms with Crippen LogP contribution in [0.5, 0.6) is 0 Å². The molecule has 0 aromatic carbocycles. The highest BCUT2D eigenvalue weighted by molar-refractivity contribution is 6.25. The summed E-state index contributed by atoms with van der Waals surface area (Å²) in [6, 6.07) is 0. The molecule has 0 aliphatic heterocycles. The third kappa shape index (κ3) is 8.30. The van der Waals surface area contributed by atoms with E-state index in [1.807, 2.05) is 0 Å². The maximum atomic E-state index is 11.9. The number of ketones is 2. The van der Waals surface area contributed by atoms with E-state index in [-0.39, 0.29) is 25.4 Å². The highest BCUT2D eigenvalue weighted by Gasteiger charge is 2.29. The van der Waals surface area contributed by atoms with Crippen molar-refractivity contribution in [1.29, 1.82) is 0 Å². The third-order valence-electron chi connectivity index (χ3n) is 3.23. The SMILES string of the molecule is COC(OC(=O)C(C)CC(=O)C=O)C(C)OC(=O)C(C)CC(=O)C=O. The van der Waals surface area contributed by atoms with E-state index in [1.54, 1.807) is 0 Å². The Morgan fingerprint density at radius 1 is 0.800 bits per heavy atom. The van der Waals surface area contributed by atoms with Gasteiger partial charge in [0.1, 0.15) is 0 Å². The summed E-state index contributed by atoms with van der Waals surface area (Å²) < 4.78 is 15.0. The molecule has 0 rings (SSSR count). The number of hydrogen-bond donors (Lipinski definition) is 0. The number of methoxy groups -OCH3 is 1. The van der Waals surface area contributed by atoms with Crippen LogP contribution in [0.15, 0.2) is 0 Å². The Bertz CT molecular complexity index is 526. The molecule has 0 heterocycles. The van der Waals surface area contributed by atoms with E-state index in [4.69, 9.17) is 14.2 Å². The fourth-order valence-electron chi connectivity index (χ4n) is 1.79.